The van der Waals surface area contributed by atoms with E-state index in [9.17, 15) is 0 Å². The van der Waals surface area contributed by atoms with E-state index in [1.54, 1.807) is 0 Å². The van der Waals surface area contributed by atoms with Gasteiger partial charge < -0.3 is 9.13 Å². The Bertz CT molecular complexity index is 3440. The van der Waals surface area contributed by atoms with Crippen LogP contribution in [0, 0.1) is 0 Å². The van der Waals surface area contributed by atoms with Crippen molar-refractivity contribution in [2.45, 2.75) is 19.3 Å². The van der Waals surface area contributed by atoms with Crippen LogP contribution in [0.25, 0.3) is 99.5 Å². The molecule has 0 amide bonds. The first-order valence-electron chi connectivity index (χ1n) is 20.6. The van der Waals surface area contributed by atoms with E-state index in [1.165, 1.54) is 105 Å². The minimum Gasteiger partial charge on any atom is -0.309 e. The van der Waals surface area contributed by atoms with Gasteiger partial charge in [-0.25, -0.2) is 0 Å². The Kier molecular flexibility index (Phi) is 7.31. The van der Waals surface area contributed by atoms with Crippen molar-refractivity contribution in [3.05, 3.63) is 217 Å². The van der Waals surface area contributed by atoms with E-state index in [0.29, 0.717) is 0 Å². The van der Waals surface area contributed by atoms with Gasteiger partial charge in [0.05, 0.1) is 22.1 Å². The molecule has 0 saturated heterocycles. The molecule has 12 rings (SSSR count). The summed E-state index contributed by atoms with van der Waals surface area (Å²) in [5.74, 6) is 0. The molecule has 0 radical (unpaired) electrons. The molecule has 9 aromatic carbocycles. The highest BCUT2D eigenvalue weighted by Crippen LogP contribution is 2.51. The van der Waals surface area contributed by atoms with Crippen LogP contribution in [0.5, 0.6) is 0 Å². The first kappa shape index (κ1) is 33.7. The topological polar surface area (TPSA) is 9.86 Å². The van der Waals surface area contributed by atoms with Gasteiger partial charge in [-0.1, -0.05) is 153 Å². The Morgan fingerprint density at radius 3 is 1.51 bits per heavy atom. The van der Waals surface area contributed by atoms with Crippen molar-refractivity contribution < 1.29 is 0 Å². The van der Waals surface area contributed by atoms with E-state index >= 15 is 0 Å². The van der Waals surface area contributed by atoms with Crippen molar-refractivity contribution in [1.29, 1.82) is 0 Å². The maximum absolute atomic E-state index is 2.51. The van der Waals surface area contributed by atoms with Crippen molar-refractivity contribution in [3.8, 4) is 55.9 Å². The van der Waals surface area contributed by atoms with E-state index in [2.05, 4.69) is 229 Å². The first-order chi connectivity index (χ1) is 29.0. The van der Waals surface area contributed by atoms with E-state index in [-0.39, 0.29) is 5.41 Å². The molecule has 0 bridgehead atoms. The van der Waals surface area contributed by atoms with Crippen LogP contribution in [-0.4, -0.2) is 9.13 Å². The number of hydrogen-bond donors (Lipinski definition) is 0. The molecule has 2 heterocycles. The van der Waals surface area contributed by atoms with Crippen molar-refractivity contribution >= 4 is 43.6 Å². The third-order valence-corrected chi connectivity index (χ3v) is 12.9. The lowest BCUT2D eigenvalue weighted by atomic mass is 9.82. The van der Waals surface area contributed by atoms with Crippen LogP contribution >= 0.6 is 0 Å². The van der Waals surface area contributed by atoms with Gasteiger partial charge in [0.15, 0.2) is 0 Å². The zero-order valence-corrected chi connectivity index (χ0v) is 33.0. The predicted molar refractivity (Wildman–Crippen MR) is 249 cm³/mol. The molecule has 2 heteroatoms. The van der Waals surface area contributed by atoms with Gasteiger partial charge >= 0.3 is 0 Å². The summed E-state index contributed by atoms with van der Waals surface area (Å²) in [4.78, 5) is 0. The third kappa shape index (κ3) is 5.13. The number of nitrogens with zero attached hydrogens (tertiary/aromatic N) is 2. The van der Waals surface area contributed by atoms with Gasteiger partial charge in [-0.3, -0.25) is 0 Å². The van der Waals surface area contributed by atoms with Gasteiger partial charge in [-0.05, 0) is 122 Å². The van der Waals surface area contributed by atoms with Crippen molar-refractivity contribution in [2.75, 3.05) is 0 Å². The summed E-state index contributed by atoms with van der Waals surface area (Å²) in [6.07, 6.45) is 0. The van der Waals surface area contributed by atoms with Crippen LogP contribution < -0.4 is 0 Å². The predicted octanol–water partition coefficient (Wildman–Crippen LogP) is 15.2. The summed E-state index contributed by atoms with van der Waals surface area (Å²) in [6.45, 7) is 4.75. The molecule has 0 aliphatic heterocycles. The highest BCUT2D eigenvalue weighted by Gasteiger charge is 2.36. The SMILES string of the molecule is CC1(C)c2ccccc2-c2cc3c4ccccc4n(-c4cc(-c5ccc(-c6ccccc6)cc5)cc(-c5ccc6c(c5)c5ccccc5n6-c5ccccc5)c4)c3cc21. The highest BCUT2D eigenvalue weighted by atomic mass is 15.0. The minimum absolute atomic E-state index is 0.108. The molecular formula is C57H40N2. The number of rotatable bonds is 5. The summed E-state index contributed by atoms with van der Waals surface area (Å²) in [7, 11) is 0. The lowest BCUT2D eigenvalue weighted by Gasteiger charge is -2.22. The monoisotopic (exact) mass is 752 g/mol. The number of hydrogen-bond acceptors (Lipinski definition) is 0. The largest absolute Gasteiger partial charge is 0.309 e. The van der Waals surface area contributed by atoms with Crippen LogP contribution in [0.2, 0.25) is 0 Å². The molecule has 0 atom stereocenters. The van der Waals surface area contributed by atoms with Crippen LogP contribution in [0.15, 0.2) is 206 Å². The standard InChI is InChI=1S/C57H40N2/c1-57(2)51-22-12-9-19-45(51)48-35-50-47-21-11-14-24-54(47)59(56(50)36-52(48)57)44-32-41(39-27-25-38(26-28-39)37-15-5-3-6-16-37)31-42(33-44)40-29-30-55-49(34-40)46-20-10-13-23-53(46)58(55)43-17-7-4-8-18-43/h3-36H,1-2H3. The second-order valence-electron chi connectivity index (χ2n) is 16.6. The fraction of sp³-hybridized carbons (Fsp3) is 0.0526. The van der Waals surface area contributed by atoms with E-state index in [4.69, 9.17) is 0 Å². The molecule has 1 aliphatic rings. The van der Waals surface area contributed by atoms with Crippen molar-refractivity contribution in [3.63, 3.8) is 0 Å². The summed E-state index contributed by atoms with van der Waals surface area (Å²) >= 11 is 0. The second-order valence-corrected chi connectivity index (χ2v) is 16.6. The Morgan fingerprint density at radius 1 is 0.288 bits per heavy atom. The molecule has 278 valence electrons. The first-order valence-corrected chi connectivity index (χ1v) is 20.6. The van der Waals surface area contributed by atoms with Crippen molar-refractivity contribution in [1.82, 2.24) is 9.13 Å². The summed E-state index contributed by atoms with van der Waals surface area (Å²) < 4.78 is 4.90. The summed E-state index contributed by atoms with van der Waals surface area (Å²) in [6, 6.07) is 76.2. The van der Waals surface area contributed by atoms with Crippen LogP contribution in [0.3, 0.4) is 0 Å². The number of aromatic nitrogens is 2. The Balaban J connectivity index is 1.11. The highest BCUT2D eigenvalue weighted by molar-refractivity contribution is 6.13. The van der Waals surface area contributed by atoms with Gasteiger partial charge in [0, 0.05) is 38.3 Å². The Hall–Kier alpha value is -7.42. The summed E-state index contributed by atoms with van der Waals surface area (Å²) in [5, 5.41) is 5.04. The second kappa shape index (κ2) is 12.8. The van der Waals surface area contributed by atoms with Gasteiger partial charge in [-0.15, -0.1) is 0 Å². The Morgan fingerprint density at radius 2 is 0.797 bits per heavy atom. The molecule has 0 fully saturated rings. The number of para-hydroxylation sites is 3. The fourth-order valence-electron chi connectivity index (χ4n) is 10.0. The molecule has 0 unspecified atom stereocenters. The smallest absolute Gasteiger partial charge is 0.0544 e. The van der Waals surface area contributed by atoms with Gasteiger partial charge in [0.25, 0.3) is 0 Å². The van der Waals surface area contributed by atoms with Crippen LogP contribution in [0.4, 0.5) is 0 Å². The molecular weight excluding hydrogens is 713 g/mol. The average molecular weight is 753 g/mol. The zero-order valence-electron chi connectivity index (χ0n) is 33.0. The van der Waals surface area contributed by atoms with Crippen LogP contribution in [0.1, 0.15) is 25.0 Å². The van der Waals surface area contributed by atoms with Gasteiger partial charge in [0.1, 0.15) is 0 Å². The third-order valence-electron chi connectivity index (χ3n) is 12.9. The van der Waals surface area contributed by atoms with E-state index < -0.39 is 0 Å². The quantitative estimate of drug-likeness (QED) is 0.166. The number of benzene rings is 9. The van der Waals surface area contributed by atoms with E-state index in [0.717, 1.165) is 5.69 Å². The molecule has 1 aliphatic carbocycles. The summed E-state index contributed by atoms with van der Waals surface area (Å²) in [5.41, 5.74) is 19.7. The Labute approximate surface area is 343 Å². The number of fused-ring (bicyclic) bond motifs is 9. The van der Waals surface area contributed by atoms with Gasteiger partial charge in [0.2, 0.25) is 0 Å². The van der Waals surface area contributed by atoms with E-state index in [1.807, 2.05) is 0 Å². The normalized spacial score (nSPS) is 13.1. The molecule has 11 aromatic rings. The van der Waals surface area contributed by atoms with Crippen molar-refractivity contribution in [2.24, 2.45) is 0 Å². The zero-order chi connectivity index (χ0) is 39.2. The maximum Gasteiger partial charge on any atom is 0.0544 e. The minimum atomic E-state index is -0.108. The average Bonchev–Trinajstić information content (AvgIpc) is 3.88. The molecule has 2 aromatic heterocycles. The lowest BCUT2D eigenvalue weighted by molar-refractivity contribution is 0.661. The molecule has 0 N–H and O–H groups in total. The molecule has 0 spiro atoms. The molecule has 59 heavy (non-hydrogen) atoms. The van der Waals surface area contributed by atoms with Crippen LogP contribution in [-0.2, 0) is 5.41 Å². The van der Waals surface area contributed by atoms with Gasteiger partial charge in [-0.2, -0.15) is 0 Å². The molecule has 2 nitrogen and oxygen atoms in total. The maximum atomic E-state index is 2.51. The molecule has 0 saturated carbocycles. The lowest BCUT2D eigenvalue weighted by Crippen LogP contribution is -2.15. The fourth-order valence-corrected chi connectivity index (χ4v) is 10.0.